The number of hydrogen-bond acceptors (Lipinski definition) is 4. The molecule has 2 N–H and O–H groups in total. The molecule has 1 heterocycles. The first-order chi connectivity index (χ1) is 14.0. The Balaban J connectivity index is 0.00000450. The third-order valence-corrected chi connectivity index (χ3v) is 5.08. The lowest BCUT2D eigenvalue weighted by molar-refractivity contribution is 0.182. The van der Waals surface area contributed by atoms with Gasteiger partial charge in [-0.15, -0.1) is 24.0 Å². The molecule has 168 valence electrons. The van der Waals surface area contributed by atoms with E-state index in [9.17, 15) is 0 Å². The van der Waals surface area contributed by atoms with E-state index in [-0.39, 0.29) is 24.0 Å². The molecule has 0 unspecified atom stereocenters. The van der Waals surface area contributed by atoms with Crippen LogP contribution in [0.2, 0.25) is 5.02 Å². The molecule has 0 saturated heterocycles. The maximum atomic E-state index is 6.33. The van der Waals surface area contributed by atoms with Crippen molar-refractivity contribution < 1.29 is 9.47 Å². The number of halogens is 2. The molecule has 30 heavy (non-hydrogen) atoms. The van der Waals surface area contributed by atoms with Gasteiger partial charge in [-0.25, -0.2) is 4.99 Å². The summed E-state index contributed by atoms with van der Waals surface area (Å²) in [6.07, 6.45) is 0.792. The van der Waals surface area contributed by atoms with Crippen LogP contribution in [0.3, 0.4) is 0 Å². The minimum absolute atomic E-state index is 0. The molecule has 0 fully saturated rings. The molecule has 0 spiro atoms. The standard InChI is InChI=1S/C21H32ClN5O2.HI/c1-6-23-21(24-10-9-17-7-8-18(29-5)13-20(17)22)25-14-19-15(2)26-27(16(19)3)11-12-28-4;/h7-8,13H,6,9-12,14H2,1-5H3,(H2,23,24,25);1H. The van der Waals surface area contributed by atoms with E-state index in [0.717, 1.165) is 60.3 Å². The first kappa shape index (κ1) is 26.5. The van der Waals surface area contributed by atoms with Gasteiger partial charge in [0.25, 0.3) is 0 Å². The number of rotatable bonds is 10. The minimum Gasteiger partial charge on any atom is -0.497 e. The van der Waals surface area contributed by atoms with Crippen molar-refractivity contribution in [3.8, 4) is 5.75 Å². The molecule has 0 aliphatic heterocycles. The second-order valence-corrected chi connectivity index (χ2v) is 7.10. The van der Waals surface area contributed by atoms with E-state index in [2.05, 4.69) is 29.6 Å². The van der Waals surface area contributed by atoms with Crippen LogP contribution in [0.4, 0.5) is 0 Å². The molecule has 1 aromatic heterocycles. The summed E-state index contributed by atoms with van der Waals surface area (Å²) in [5.41, 5.74) is 4.35. The van der Waals surface area contributed by atoms with Gasteiger partial charge in [0.2, 0.25) is 0 Å². The van der Waals surface area contributed by atoms with Crippen molar-refractivity contribution in [3.63, 3.8) is 0 Å². The molecule has 7 nitrogen and oxygen atoms in total. The van der Waals surface area contributed by atoms with Gasteiger partial charge in [-0.3, -0.25) is 4.68 Å². The van der Waals surface area contributed by atoms with Crippen LogP contribution in [-0.4, -0.2) is 49.7 Å². The van der Waals surface area contributed by atoms with Crippen molar-refractivity contribution in [2.45, 2.75) is 40.3 Å². The smallest absolute Gasteiger partial charge is 0.191 e. The Hall–Kier alpha value is -1.52. The predicted octanol–water partition coefficient (Wildman–Crippen LogP) is 3.72. The molecule has 0 saturated carbocycles. The summed E-state index contributed by atoms with van der Waals surface area (Å²) in [6.45, 7) is 9.62. The summed E-state index contributed by atoms with van der Waals surface area (Å²) in [4.78, 5) is 4.74. The van der Waals surface area contributed by atoms with Crippen LogP contribution >= 0.6 is 35.6 Å². The summed E-state index contributed by atoms with van der Waals surface area (Å²) in [5, 5.41) is 12.0. The lowest BCUT2D eigenvalue weighted by atomic mass is 10.1. The first-order valence-electron chi connectivity index (χ1n) is 9.86. The highest BCUT2D eigenvalue weighted by molar-refractivity contribution is 14.0. The third kappa shape index (κ3) is 7.63. The van der Waals surface area contributed by atoms with Gasteiger partial charge in [-0.2, -0.15) is 5.10 Å². The van der Waals surface area contributed by atoms with E-state index < -0.39 is 0 Å². The fourth-order valence-electron chi connectivity index (χ4n) is 3.03. The van der Waals surface area contributed by atoms with Gasteiger partial charge in [-0.1, -0.05) is 17.7 Å². The van der Waals surface area contributed by atoms with Crippen LogP contribution in [0, 0.1) is 13.8 Å². The largest absolute Gasteiger partial charge is 0.497 e. The van der Waals surface area contributed by atoms with Crippen LogP contribution in [0.5, 0.6) is 5.75 Å². The van der Waals surface area contributed by atoms with Crippen molar-refractivity contribution in [1.29, 1.82) is 0 Å². The number of hydrogen-bond donors (Lipinski definition) is 2. The highest BCUT2D eigenvalue weighted by Crippen LogP contribution is 2.22. The SMILES string of the molecule is CCNC(=NCc1c(C)nn(CCOC)c1C)NCCc1ccc(OC)cc1Cl.I. The van der Waals surface area contributed by atoms with Crippen LogP contribution in [0.1, 0.15) is 29.4 Å². The molecular weight excluding hydrogens is 517 g/mol. The molecule has 0 radical (unpaired) electrons. The fourth-order valence-corrected chi connectivity index (χ4v) is 3.30. The normalized spacial score (nSPS) is 11.2. The number of nitrogens with one attached hydrogen (secondary N) is 2. The summed E-state index contributed by atoms with van der Waals surface area (Å²) < 4.78 is 12.3. The lowest BCUT2D eigenvalue weighted by Crippen LogP contribution is -2.38. The maximum Gasteiger partial charge on any atom is 0.191 e. The zero-order valence-corrected chi connectivity index (χ0v) is 21.5. The number of guanidine groups is 1. The zero-order chi connectivity index (χ0) is 21.2. The zero-order valence-electron chi connectivity index (χ0n) is 18.4. The van der Waals surface area contributed by atoms with Crippen molar-refractivity contribution in [3.05, 3.63) is 45.7 Å². The first-order valence-corrected chi connectivity index (χ1v) is 10.2. The topological polar surface area (TPSA) is 72.7 Å². The van der Waals surface area contributed by atoms with Gasteiger partial charge in [-0.05, 0) is 44.9 Å². The van der Waals surface area contributed by atoms with E-state index >= 15 is 0 Å². The van der Waals surface area contributed by atoms with Gasteiger partial charge >= 0.3 is 0 Å². The minimum atomic E-state index is 0. The molecule has 0 atom stereocenters. The Kier molecular flexibility index (Phi) is 12.1. The number of aromatic nitrogens is 2. The Bertz CT molecular complexity index is 826. The lowest BCUT2D eigenvalue weighted by Gasteiger charge is -2.12. The van der Waals surface area contributed by atoms with Gasteiger partial charge in [0.15, 0.2) is 5.96 Å². The van der Waals surface area contributed by atoms with Crippen LogP contribution in [-0.2, 0) is 24.2 Å². The molecule has 1 aromatic carbocycles. The van der Waals surface area contributed by atoms with Crippen LogP contribution in [0.25, 0.3) is 0 Å². The molecule has 9 heteroatoms. The van der Waals surface area contributed by atoms with Gasteiger partial charge in [0.05, 0.1) is 32.5 Å². The van der Waals surface area contributed by atoms with E-state index in [1.165, 1.54) is 0 Å². The maximum absolute atomic E-state index is 6.33. The van der Waals surface area contributed by atoms with E-state index in [0.29, 0.717) is 18.2 Å². The number of methoxy groups -OCH3 is 2. The van der Waals surface area contributed by atoms with Gasteiger partial charge in [0, 0.05) is 36.5 Å². The fraction of sp³-hybridized carbons (Fsp3) is 0.524. The highest BCUT2D eigenvalue weighted by atomic mass is 127. The number of ether oxygens (including phenoxy) is 2. The Labute approximate surface area is 201 Å². The Morgan fingerprint density at radius 2 is 2.00 bits per heavy atom. The van der Waals surface area contributed by atoms with Crippen molar-refractivity contribution in [2.24, 2.45) is 4.99 Å². The van der Waals surface area contributed by atoms with Crippen molar-refractivity contribution in [1.82, 2.24) is 20.4 Å². The summed E-state index contributed by atoms with van der Waals surface area (Å²) >= 11 is 6.33. The average molecular weight is 550 g/mol. The second-order valence-electron chi connectivity index (χ2n) is 6.69. The second kappa shape index (κ2) is 13.7. The number of aryl methyl sites for hydroxylation is 1. The van der Waals surface area contributed by atoms with Gasteiger partial charge < -0.3 is 20.1 Å². The monoisotopic (exact) mass is 549 g/mol. The van der Waals surface area contributed by atoms with Crippen molar-refractivity contribution >= 4 is 41.5 Å². The predicted molar refractivity (Wildman–Crippen MR) is 134 cm³/mol. The van der Waals surface area contributed by atoms with E-state index in [4.69, 9.17) is 26.1 Å². The summed E-state index contributed by atoms with van der Waals surface area (Å²) in [5.74, 6) is 1.54. The quantitative estimate of drug-likeness (QED) is 0.269. The Morgan fingerprint density at radius 3 is 2.63 bits per heavy atom. The molecule has 0 aliphatic carbocycles. The molecule has 2 rings (SSSR count). The van der Waals surface area contributed by atoms with Crippen LogP contribution < -0.4 is 15.4 Å². The molecule has 2 aromatic rings. The van der Waals surface area contributed by atoms with Crippen molar-refractivity contribution in [2.75, 3.05) is 33.9 Å². The number of aliphatic imine (C=N–C) groups is 1. The van der Waals surface area contributed by atoms with Gasteiger partial charge in [0.1, 0.15) is 5.75 Å². The Morgan fingerprint density at radius 1 is 1.23 bits per heavy atom. The molecule has 0 aliphatic rings. The van der Waals surface area contributed by atoms with E-state index in [1.54, 1.807) is 14.2 Å². The van der Waals surface area contributed by atoms with Crippen LogP contribution in [0.15, 0.2) is 23.2 Å². The summed E-state index contributed by atoms with van der Waals surface area (Å²) in [7, 11) is 3.33. The molecule has 0 amide bonds. The molecule has 0 bridgehead atoms. The van der Waals surface area contributed by atoms with E-state index in [1.807, 2.05) is 29.8 Å². The number of benzene rings is 1. The summed E-state index contributed by atoms with van der Waals surface area (Å²) in [6, 6.07) is 5.75. The third-order valence-electron chi connectivity index (χ3n) is 4.73. The number of nitrogens with zero attached hydrogens (tertiary/aromatic N) is 3. The highest BCUT2D eigenvalue weighted by Gasteiger charge is 2.11. The average Bonchev–Trinajstić information content (AvgIpc) is 2.98. The molecular formula is C21H33ClIN5O2.